The molecule has 0 spiro atoms. The average Bonchev–Trinajstić information content (AvgIpc) is 3.11. The molecule has 1 atom stereocenters. The first-order chi connectivity index (χ1) is 10.2. The molecule has 4 rings (SSSR count). The van der Waals surface area contributed by atoms with Crippen LogP contribution in [0.2, 0.25) is 0 Å². The molecule has 0 aromatic carbocycles. The number of anilines is 1. The lowest BCUT2D eigenvalue weighted by atomic mass is 10.2. The molecule has 7 heteroatoms. The van der Waals surface area contributed by atoms with Gasteiger partial charge in [-0.15, -0.1) is 0 Å². The van der Waals surface area contributed by atoms with Crippen molar-refractivity contribution in [3.8, 4) is 0 Å². The molecule has 21 heavy (non-hydrogen) atoms. The molecule has 1 fully saturated rings. The SMILES string of the molecule is CC1=C(c2cn[nH]c2)N(c2nccc(C3CC3)n2)C(N)S1. The quantitative estimate of drug-likeness (QED) is 0.904. The van der Waals surface area contributed by atoms with Gasteiger partial charge in [-0.1, -0.05) is 11.8 Å². The van der Waals surface area contributed by atoms with Crippen LogP contribution in [0.4, 0.5) is 5.95 Å². The van der Waals surface area contributed by atoms with Crippen LogP contribution >= 0.6 is 11.8 Å². The van der Waals surface area contributed by atoms with E-state index in [1.807, 2.05) is 23.4 Å². The van der Waals surface area contributed by atoms with Crippen molar-refractivity contribution in [3.05, 3.63) is 40.8 Å². The van der Waals surface area contributed by atoms with Gasteiger partial charge in [-0.2, -0.15) is 5.10 Å². The van der Waals surface area contributed by atoms with E-state index in [-0.39, 0.29) is 5.50 Å². The fourth-order valence-electron chi connectivity index (χ4n) is 2.61. The molecular weight excluding hydrogens is 284 g/mol. The Balaban J connectivity index is 1.76. The van der Waals surface area contributed by atoms with Crippen LogP contribution < -0.4 is 10.6 Å². The Labute approximate surface area is 126 Å². The predicted octanol–water partition coefficient (Wildman–Crippen LogP) is 2.26. The van der Waals surface area contributed by atoms with Crippen LogP contribution in [0.3, 0.4) is 0 Å². The summed E-state index contributed by atoms with van der Waals surface area (Å²) in [5, 5.41) is 6.89. The second-order valence-electron chi connectivity index (χ2n) is 5.33. The van der Waals surface area contributed by atoms with Gasteiger partial charge in [0.2, 0.25) is 5.95 Å². The van der Waals surface area contributed by atoms with Gasteiger partial charge in [-0.3, -0.25) is 10.00 Å². The van der Waals surface area contributed by atoms with Crippen molar-refractivity contribution >= 4 is 23.4 Å². The largest absolute Gasteiger partial charge is 0.302 e. The Morgan fingerprint density at radius 3 is 3.00 bits per heavy atom. The monoisotopic (exact) mass is 300 g/mol. The number of nitrogens with one attached hydrogen (secondary N) is 1. The Morgan fingerprint density at radius 2 is 2.29 bits per heavy atom. The lowest BCUT2D eigenvalue weighted by Gasteiger charge is -2.23. The fourth-order valence-corrected chi connectivity index (χ4v) is 3.60. The van der Waals surface area contributed by atoms with Crippen LogP contribution in [0.5, 0.6) is 0 Å². The van der Waals surface area contributed by atoms with E-state index in [9.17, 15) is 0 Å². The second-order valence-corrected chi connectivity index (χ2v) is 6.66. The number of hydrogen-bond acceptors (Lipinski definition) is 6. The molecule has 0 amide bonds. The minimum atomic E-state index is -0.204. The smallest absolute Gasteiger partial charge is 0.232 e. The third-order valence-electron chi connectivity index (χ3n) is 3.77. The predicted molar refractivity (Wildman–Crippen MR) is 83.2 cm³/mol. The van der Waals surface area contributed by atoms with Crippen LogP contribution in [0.25, 0.3) is 5.70 Å². The minimum Gasteiger partial charge on any atom is -0.302 e. The molecule has 0 bridgehead atoms. The zero-order chi connectivity index (χ0) is 14.4. The minimum absolute atomic E-state index is 0.204. The standard InChI is InChI=1S/C14H16N6S/c1-8-12(10-6-17-18-7-10)20(13(15)21-8)14-16-5-4-11(19-14)9-2-3-9/h4-7,9,13H,2-3,15H2,1H3,(H,17,18). The molecule has 3 heterocycles. The molecule has 0 radical (unpaired) electrons. The lowest BCUT2D eigenvalue weighted by Crippen LogP contribution is -2.36. The highest BCUT2D eigenvalue weighted by Gasteiger charge is 2.33. The van der Waals surface area contributed by atoms with Gasteiger partial charge in [0.05, 0.1) is 11.9 Å². The first-order valence-corrected chi connectivity index (χ1v) is 7.86. The Kier molecular flexibility index (Phi) is 2.97. The summed E-state index contributed by atoms with van der Waals surface area (Å²) in [5.74, 6) is 1.27. The van der Waals surface area contributed by atoms with E-state index in [1.54, 1.807) is 18.0 Å². The molecule has 0 saturated heterocycles. The third kappa shape index (κ3) is 2.22. The maximum Gasteiger partial charge on any atom is 0.232 e. The summed E-state index contributed by atoms with van der Waals surface area (Å²) in [7, 11) is 0. The van der Waals surface area contributed by atoms with Crippen molar-refractivity contribution in [2.24, 2.45) is 5.73 Å². The Morgan fingerprint density at radius 1 is 1.43 bits per heavy atom. The highest BCUT2D eigenvalue weighted by atomic mass is 32.2. The van der Waals surface area contributed by atoms with E-state index in [2.05, 4.69) is 22.1 Å². The molecule has 1 saturated carbocycles. The number of thioether (sulfide) groups is 1. The molecule has 2 aromatic heterocycles. The Bertz CT molecular complexity index is 691. The van der Waals surface area contributed by atoms with Crippen molar-refractivity contribution in [2.75, 3.05) is 4.90 Å². The number of aromatic nitrogens is 4. The molecule has 3 N–H and O–H groups in total. The Hall–Kier alpha value is -1.86. The maximum absolute atomic E-state index is 6.28. The summed E-state index contributed by atoms with van der Waals surface area (Å²) in [4.78, 5) is 12.3. The number of allylic oxidation sites excluding steroid dienone is 1. The summed E-state index contributed by atoms with van der Waals surface area (Å²) in [5.41, 5.74) is 9.23. The first kappa shape index (κ1) is 12.8. The van der Waals surface area contributed by atoms with Gasteiger partial charge in [-0.05, 0) is 25.8 Å². The van der Waals surface area contributed by atoms with Crippen molar-refractivity contribution in [1.82, 2.24) is 20.2 Å². The summed E-state index contributed by atoms with van der Waals surface area (Å²) in [6.07, 6.45) is 7.94. The zero-order valence-corrected chi connectivity index (χ0v) is 12.5. The molecule has 1 unspecified atom stereocenters. The van der Waals surface area contributed by atoms with Gasteiger partial charge < -0.3 is 5.73 Å². The summed E-state index contributed by atoms with van der Waals surface area (Å²) in [6, 6.07) is 2.00. The summed E-state index contributed by atoms with van der Waals surface area (Å²) >= 11 is 1.62. The molecular formula is C14H16N6S. The van der Waals surface area contributed by atoms with Crippen molar-refractivity contribution in [2.45, 2.75) is 31.2 Å². The molecule has 108 valence electrons. The van der Waals surface area contributed by atoms with Crippen molar-refractivity contribution in [3.63, 3.8) is 0 Å². The number of aromatic amines is 1. The van der Waals surface area contributed by atoms with Crippen molar-refractivity contribution < 1.29 is 0 Å². The van der Waals surface area contributed by atoms with Crippen LogP contribution in [-0.4, -0.2) is 25.7 Å². The highest BCUT2D eigenvalue weighted by molar-refractivity contribution is 8.04. The first-order valence-electron chi connectivity index (χ1n) is 6.98. The molecule has 2 aliphatic rings. The molecule has 6 nitrogen and oxygen atoms in total. The number of nitrogens with two attached hydrogens (primary N) is 1. The molecule has 1 aliphatic carbocycles. The van der Waals surface area contributed by atoms with Gasteiger partial charge in [0.1, 0.15) is 5.50 Å². The zero-order valence-electron chi connectivity index (χ0n) is 11.7. The normalized spacial score (nSPS) is 22.2. The van der Waals surface area contributed by atoms with E-state index in [1.165, 1.54) is 12.8 Å². The van der Waals surface area contributed by atoms with Gasteiger partial charge in [0.25, 0.3) is 0 Å². The third-order valence-corrected chi connectivity index (χ3v) is 4.77. The number of hydrogen-bond donors (Lipinski definition) is 2. The lowest BCUT2D eigenvalue weighted by molar-refractivity contribution is 0.867. The summed E-state index contributed by atoms with van der Waals surface area (Å²) in [6.45, 7) is 2.07. The van der Waals surface area contributed by atoms with Gasteiger partial charge in [0, 0.05) is 34.5 Å². The maximum atomic E-state index is 6.28. The van der Waals surface area contributed by atoms with E-state index in [0.29, 0.717) is 11.9 Å². The van der Waals surface area contributed by atoms with Gasteiger partial charge >= 0.3 is 0 Å². The van der Waals surface area contributed by atoms with Crippen molar-refractivity contribution in [1.29, 1.82) is 0 Å². The molecule has 2 aromatic rings. The number of rotatable bonds is 3. The summed E-state index contributed by atoms with van der Waals surface area (Å²) < 4.78 is 0. The van der Waals surface area contributed by atoms with E-state index < -0.39 is 0 Å². The fraction of sp³-hybridized carbons (Fsp3) is 0.357. The van der Waals surface area contributed by atoms with E-state index in [4.69, 9.17) is 10.7 Å². The number of nitrogens with zero attached hydrogens (tertiary/aromatic N) is 4. The topological polar surface area (TPSA) is 83.7 Å². The second kappa shape index (κ2) is 4.85. The highest BCUT2D eigenvalue weighted by Crippen LogP contribution is 2.43. The number of H-pyrrole nitrogens is 1. The van der Waals surface area contributed by atoms with E-state index >= 15 is 0 Å². The van der Waals surface area contributed by atoms with Crippen LogP contribution in [0.1, 0.15) is 36.9 Å². The van der Waals surface area contributed by atoms with Crippen LogP contribution in [0, 0.1) is 0 Å². The van der Waals surface area contributed by atoms with Gasteiger partial charge in [0.15, 0.2) is 0 Å². The molecule has 1 aliphatic heterocycles. The van der Waals surface area contributed by atoms with Crippen LogP contribution in [-0.2, 0) is 0 Å². The average molecular weight is 300 g/mol. The van der Waals surface area contributed by atoms with E-state index in [0.717, 1.165) is 21.9 Å². The van der Waals surface area contributed by atoms with Gasteiger partial charge in [-0.25, -0.2) is 9.97 Å². The van der Waals surface area contributed by atoms with Crippen LogP contribution in [0.15, 0.2) is 29.6 Å².